The van der Waals surface area contributed by atoms with E-state index in [0.717, 1.165) is 25.9 Å². The van der Waals surface area contributed by atoms with E-state index in [1.807, 2.05) is 6.92 Å². The molecule has 2 saturated heterocycles. The quantitative estimate of drug-likeness (QED) is 0.744. The lowest BCUT2D eigenvalue weighted by molar-refractivity contribution is -0.157. The Bertz CT molecular complexity index is 242. The van der Waals surface area contributed by atoms with Gasteiger partial charge in [0.15, 0.2) is 0 Å². The minimum Gasteiger partial charge on any atom is -0.386 e. The molecular formula is C11H19NO3. The second-order valence-corrected chi connectivity index (χ2v) is 4.67. The number of rotatable bonds is 3. The van der Waals surface area contributed by atoms with Gasteiger partial charge >= 0.3 is 0 Å². The number of nitrogens with zero attached hydrogens (tertiary/aromatic N) is 1. The number of hydrogen-bond donors (Lipinski definition) is 1. The fourth-order valence-corrected chi connectivity index (χ4v) is 2.19. The molecule has 1 unspecified atom stereocenters. The van der Waals surface area contributed by atoms with Crippen LogP contribution in [-0.4, -0.2) is 47.3 Å². The predicted octanol–water partition coefficient (Wildman–Crippen LogP) is 0.539. The maximum absolute atomic E-state index is 11.7. The molecule has 2 aliphatic rings. The summed E-state index contributed by atoms with van der Waals surface area (Å²) < 4.78 is 5.41. The van der Waals surface area contributed by atoms with Crippen LogP contribution in [0.2, 0.25) is 0 Å². The zero-order chi connectivity index (χ0) is 10.9. The van der Waals surface area contributed by atoms with Crippen molar-refractivity contribution in [3.05, 3.63) is 0 Å². The standard InChI is InChI=1S/C11H19NO3/c1-2-11(14)7-12(8-11)10(13)6-9-4-3-5-15-9/h9,14H,2-8H2,1H3. The first-order valence-electron chi connectivity index (χ1n) is 5.75. The summed E-state index contributed by atoms with van der Waals surface area (Å²) in [6.07, 6.45) is 3.39. The molecule has 0 saturated carbocycles. The number of hydrogen-bond acceptors (Lipinski definition) is 3. The number of likely N-dealkylation sites (tertiary alicyclic amines) is 1. The molecule has 0 radical (unpaired) electrons. The highest BCUT2D eigenvalue weighted by Crippen LogP contribution is 2.26. The van der Waals surface area contributed by atoms with Gasteiger partial charge in [-0.05, 0) is 19.3 Å². The molecule has 15 heavy (non-hydrogen) atoms. The summed E-state index contributed by atoms with van der Waals surface area (Å²) in [5.74, 6) is 0.125. The fraction of sp³-hybridized carbons (Fsp3) is 0.909. The Balaban J connectivity index is 1.74. The lowest BCUT2D eigenvalue weighted by Gasteiger charge is -2.46. The van der Waals surface area contributed by atoms with E-state index in [9.17, 15) is 9.90 Å². The van der Waals surface area contributed by atoms with Crippen LogP contribution in [0.25, 0.3) is 0 Å². The Morgan fingerprint density at radius 3 is 2.87 bits per heavy atom. The summed E-state index contributed by atoms with van der Waals surface area (Å²) in [6, 6.07) is 0. The molecule has 1 atom stereocenters. The van der Waals surface area contributed by atoms with Crippen LogP contribution in [0.4, 0.5) is 0 Å². The van der Waals surface area contributed by atoms with Crippen LogP contribution >= 0.6 is 0 Å². The van der Waals surface area contributed by atoms with Crippen LogP contribution in [0, 0.1) is 0 Å². The van der Waals surface area contributed by atoms with Gasteiger partial charge in [0.25, 0.3) is 0 Å². The van der Waals surface area contributed by atoms with E-state index in [0.29, 0.717) is 19.5 Å². The van der Waals surface area contributed by atoms with Gasteiger partial charge in [-0.25, -0.2) is 0 Å². The topological polar surface area (TPSA) is 49.8 Å². The number of carbonyl (C=O) groups is 1. The highest BCUT2D eigenvalue weighted by atomic mass is 16.5. The summed E-state index contributed by atoms with van der Waals surface area (Å²) in [6.45, 7) is 3.73. The lowest BCUT2D eigenvalue weighted by atomic mass is 9.91. The molecular weight excluding hydrogens is 194 g/mol. The average molecular weight is 213 g/mol. The molecule has 2 rings (SSSR count). The van der Waals surface area contributed by atoms with Crippen LogP contribution in [-0.2, 0) is 9.53 Å². The maximum Gasteiger partial charge on any atom is 0.225 e. The van der Waals surface area contributed by atoms with E-state index in [1.165, 1.54) is 0 Å². The highest BCUT2D eigenvalue weighted by molar-refractivity contribution is 5.78. The van der Waals surface area contributed by atoms with Crippen molar-refractivity contribution in [2.45, 2.75) is 44.3 Å². The molecule has 0 aromatic carbocycles. The van der Waals surface area contributed by atoms with Crippen molar-refractivity contribution >= 4 is 5.91 Å². The number of carbonyl (C=O) groups excluding carboxylic acids is 1. The van der Waals surface area contributed by atoms with Crippen molar-refractivity contribution in [3.8, 4) is 0 Å². The van der Waals surface area contributed by atoms with E-state index < -0.39 is 5.60 Å². The van der Waals surface area contributed by atoms with Crippen molar-refractivity contribution < 1.29 is 14.6 Å². The first-order valence-corrected chi connectivity index (χ1v) is 5.75. The second kappa shape index (κ2) is 4.10. The molecule has 1 amide bonds. The summed E-state index contributed by atoms with van der Waals surface area (Å²) in [5, 5.41) is 9.77. The minimum atomic E-state index is -0.619. The zero-order valence-corrected chi connectivity index (χ0v) is 9.24. The molecule has 4 heteroatoms. The van der Waals surface area contributed by atoms with E-state index in [-0.39, 0.29) is 12.0 Å². The van der Waals surface area contributed by atoms with E-state index in [2.05, 4.69) is 0 Å². The average Bonchev–Trinajstić information content (AvgIpc) is 2.65. The number of β-amino-alcohol motifs (C(OH)–C–C–N with tert-alkyl or cyclic N) is 1. The van der Waals surface area contributed by atoms with E-state index >= 15 is 0 Å². The molecule has 0 spiro atoms. The largest absolute Gasteiger partial charge is 0.386 e. The number of ether oxygens (including phenoxy) is 1. The third kappa shape index (κ3) is 2.32. The molecule has 4 nitrogen and oxygen atoms in total. The Hall–Kier alpha value is -0.610. The second-order valence-electron chi connectivity index (χ2n) is 4.67. The highest BCUT2D eigenvalue weighted by Gasteiger charge is 2.42. The Morgan fingerprint density at radius 1 is 1.60 bits per heavy atom. The predicted molar refractivity (Wildman–Crippen MR) is 55.4 cm³/mol. The van der Waals surface area contributed by atoms with E-state index in [4.69, 9.17) is 4.74 Å². The third-order valence-electron chi connectivity index (χ3n) is 3.41. The molecule has 1 N–H and O–H groups in total. The molecule has 0 aromatic heterocycles. The third-order valence-corrected chi connectivity index (χ3v) is 3.41. The van der Waals surface area contributed by atoms with Crippen LogP contribution < -0.4 is 0 Å². The van der Waals surface area contributed by atoms with Crippen LogP contribution in [0.3, 0.4) is 0 Å². The van der Waals surface area contributed by atoms with Gasteiger partial charge in [-0.1, -0.05) is 6.92 Å². The monoisotopic (exact) mass is 213 g/mol. The molecule has 86 valence electrons. The molecule has 0 aliphatic carbocycles. The van der Waals surface area contributed by atoms with Crippen LogP contribution in [0.5, 0.6) is 0 Å². The molecule has 2 aliphatic heterocycles. The molecule has 0 bridgehead atoms. The Labute approximate surface area is 90.2 Å². The van der Waals surface area contributed by atoms with Crippen molar-refractivity contribution in [1.82, 2.24) is 4.90 Å². The van der Waals surface area contributed by atoms with Gasteiger partial charge < -0.3 is 14.7 Å². The molecule has 0 aromatic rings. The maximum atomic E-state index is 11.7. The van der Waals surface area contributed by atoms with Crippen molar-refractivity contribution in [3.63, 3.8) is 0 Å². The first-order chi connectivity index (χ1) is 7.13. The van der Waals surface area contributed by atoms with Crippen molar-refractivity contribution in [2.75, 3.05) is 19.7 Å². The lowest BCUT2D eigenvalue weighted by Crippen LogP contribution is -2.63. The Kier molecular flexibility index (Phi) is 2.98. The van der Waals surface area contributed by atoms with Gasteiger partial charge in [-0.2, -0.15) is 0 Å². The van der Waals surface area contributed by atoms with Gasteiger partial charge in [0.1, 0.15) is 0 Å². The number of amides is 1. The zero-order valence-electron chi connectivity index (χ0n) is 9.24. The first kappa shape index (κ1) is 10.9. The summed E-state index contributed by atoms with van der Waals surface area (Å²) in [7, 11) is 0. The summed E-state index contributed by atoms with van der Waals surface area (Å²) >= 11 is 0. The minimum absolute atomic E-state index is 0.118. The fourth-order valence-electron chi connectivity index (χ4n) is 2.19. The van der Waals surface area contributed by atoms with Gasteiger partial charge in [0, 0.05) is 6.61 Å². The molecule has 2 heterocycles. The normalized spacial score (nSPS) is 28.9. The summed E-state index contributed by atoms with van der Waals surface area (Å²) in [5.41, 5.74) is -0.619. The summed E-state index contributed by atoms with van der Waals surface area (Å²) in [4.78, 5) is 13.4. The van der Waals surface area contributed by atoms with Crippen molar-refractivity contribution in [2.24, 2.45) is 0 Å². The van der Waals surface area contributed by atoms with Gasteiger partial charge in [-0.15, -0.1) is 0 Å². The van der Waals surface area contributed by atoms with E-state index in [1.54, 1.807) is 4.90 Å². The SMILES string of the molecule is CCC1(O)CN(C(=O)CC2CCCO2)C1. The smallest absolute Gasteiger partial charge is 0.225 e. The van der Waals surface area contributed by atoms with Crippen molar-refractivity contribution in [1.29, 1.82) is 0 Å². The van der Waals surface area contributed by atoms with Crippen LogP contribution in [0.1, 0.15) is 32.6 Å². The Morgan fingerprint density at radius 2 is 2.33 bits per heavy atom. The van der Waals surface area contributed by atoms with Crippen LogP contribution in [0.15, 0.2) is 0 Å². The van der Waals surface area contributed by atoms with Gasteiger partial charge in [0.05, 0.1) is 31.2 Å². The number of aliphatic hydroxyl groups is 1. The van der Waals surface area contributed by atoms with Gasteiger partial charge in [-0.3, -0.25) is 4.79 Å². The van der Waals surface area contributed by atoms with Gasteiger partial charge in [0.2, 0.25) is 5.91 Å². The molecule has 2 fully saturated rings.